The monoisotopic (exact) mass is 197 g/mol. The molecule has 0 aliphatic rings. The van der Waals surface area contributed by atoms with Crippen LogP contribution in [0.2, 0.25) is 0 Å². The third-order valence-corrected chi connectivity index (χ3v) is 1.64. The fraction of sp³-hybridized carbons (Fsp3) is 0.538. The first kappa shape index (κ1) is 18.9. The lowest BCUT2D eigenvalue weighted by molar-refractivity contribution is 1.11. The van der Waals surface area contributed by atoms with Crippen molar-refractivity contribution in [3.8, 4) is 0 Å². The summed E-state index contributed by atoms with van der Waals surface area (Å²) in [7, 11) is 0. The van der Waals surface area contributed by atoms with Crippen molar-refractivity contribution in [2.75, 3.05) is 0 Å². The predicted octanol–water partition coefficient (Wildman–Crippen LogP) is 4.77. The van der Waals surface area contributed by atoms with Gasteiger partial charge < -0.3 is 6.15 Å². The van der Waals surface area contributed by atoms with E-state index in [0.29, 0.717) is 0 Å². The molecule has 0 saturated carbocycles. The van der Waals surface area contributed by atoms with Crippen molar-refractivity contribution in [3.05, 3.63) is 35.4 Å². The molecule has 84 valence electrons. The maximum Gasteiger partial charge on any atom is -0.0305 e. The molecule has 0 radical (unpaired) electrons. The Bertz CT molecular complexity index is 194. The van der Waals surface area contributed by atoms with Gasteiger partial charge in [-0.25, -0.2) is 0 Å². The van der Waals surface area contributed by atoms with Gasteiger partial charge in [-0.05, 0) is 24.5 Å². The van der Waals surface area contributed by atoms with Crippen molar-refractivity contribution in [1.29, 1.82) is 0 Å². The van der Waals surface area contributed by atoms with E-state index in [9.17, 15) is 0 Å². The summed E-state index contributed by atoms with van der Waals surface area (Å²) in [5, 5.41) is 0. The molecular formula is C13H27N. The molecule has 0 atom stereocenters. The molecule has 1 rings (SSSR count). The largest absolute Gasteiger partial charge is 0.344 e. The Kier molecular flexibility index (Phi) is 19.8. The molecule has 0 unspecified atom stereocenters. The first-order valence-corrected chi connectivity index (χ1v) is 5.39. The van der Waals surface area contributed by atoms with Crippen LogP contribution >= 0.6 is 0 Å². The third-order valence-electron chi connectivity index (χ3n) is 1.64. The Morgan fingerprint density at radius 1 is 0.929 bits per heavy atom. The van der Waals surface area contributed by atoms with Crippen LogP contribution in [0.1, 0.15) is 45.7 Å². The maximum atomic E-state index is 2.18. The van der Waals surface area contributed by atoms with E-state index < -0.39 is 0 Å². The fourth-order valence-corrected chi connectivity index (χ4v) is 1.01. The molecular weight excluding hydrogens is 170 g/mol. The molecule has 0 aromatic heterocycles. The van der Waals surface area contributed by atoms with Crippen molar-refractivity contribution < 1.29 is 0 Å². The van der Waals surface area contributed by atoms with Crippen LogP contribution in [-0.2, 0) is 6.42 Å². The molecule has 14 heavy (non-hydrogen) atoms. The summed E-state index contributed by atoms with van der Waals surface area (Å²) in [6.07, 6.45) is 1.15. The second kappa shape index (κ2) is 14.7. The maximum absolute atomic E-state index is 2.18. The van der Waals surface area contributed by atoms with Crippen LogP contribution in [0.15, 0.2) is 24.3 Å². The highest BCUT2D eigenvalue weighted by molar-refractivity contribution is 5.24. The average Bonchev–Trinajstić information content (AvgIpc) is 2.24. The minimum absolute atomic E-state index is 0. The number of hydrogen-bond acceptors (Lipinski definition) is 1. The lowest BCUT2D eigenvalue weighted by Gasteiger charge is -1.98. The van der Waals surface area contributed by atoms with Gasteiger partial charge in [-0.2, -0.15) is 0 Å². The lowest BCUT2D eigenvalue weighted by Crippen LogP contribution is -1.82. The van der Waals surface area contributed by atoms with E-state index >= 15 is 0 Å². The summed E-state index contributed by atoms with van der Waals surface area (Å²) in [5.41, 5.74) is 2.86. The number of benzene rings is 1. The van der Waals surface area contributed by atoms with Gasteiger partial charge >= 0.3 is 0 Å². The van der Waals surface area contributed by atoms with Gasteiger partial charge in [0.15, 0.2) is 0 Å². The zero-order chi connectivity index (χ0) is 10.7. The Labute approximate surface area is 90.1 Å². The second-order valence-electron chi connectivity index (χ2n) is 2.28. The van der Waals surface area contributed by atoms with Gasteiger partial charge in [0.05, 0.1) is 0 Å². The first-order chi connectivity index (χ1) is 6.34. The van der Waals surface area contributed by atoms with E-state index in [0.717, 1.165) is 6.42 Å². The Morgan fingerprint density at radius 3 is 1.64 bits per heavy atom. The van der Waals surface area contributed by atoms with Gasteiger partial charge in [-0.3, -0.25) is 0 Å². The van der Waals surface area contributed by atoms with Gasteiger partial charge in [0.1, 0.15) is 0 Å². The molecule has 0 fully saturated rings. The van der Waals surface area contributed by atoms with Crippen LogP contribution in [-0.4, -0.2) is 0 Å². The molecule has 0 bridgehead atoms. The first-order valence-electron chi connectivity index (χ1n) is 5.39. The van der Waals surface area contributed by atoms with Crippen LogP contribution in [0.3, 0.4) is 0 Å². The van der Waals surface area contributed by atoms with E-state index in [1.165, 1.54) is 11.1 Å². The zero-order valence-electron chi connectivity index (χ0n) is 10.7. The van der Waals surface area contributed by atoms with E-state index in [-0.39, 0.29) is 6.15 Å². The van der Waals surface area contributed by atoms with Gasteiger partial charge in [0.25, 0.3) is 0 Å². The molecule has 3 N–H and O–H groups in total. The van der Waals surface area contributed by atoms with Crippen LogP contribution in [0.5, 0.6) is 0 Å². The molecule has 1 heteroatoms. The molecule has 1 aromatic rings. The summed E-state index contributed by atoms with van der Waals surface area (Å²) in [4.78, 5) is 0. The topological polar surface area (TPSA) is 35.0 Å². The standard InChI is InChI=1S/C9H12.2C2H6.H3N/c1-3-9-7-5-4-6-8(9)2;2*1-2;/h4-7H,3H2,1-2H3;2*1-2H3;1H3. The Balaban J connectivity index is -0.000000216. The normalized spacial score (nSPS) is 7.00. The third kappa shape index (κ3) is 7.81. The van der Waals surface area contributed by atoms with Gasteiger partial charge in [-0.1, -0.05) is 58.9 Å². The lowest BCUT2D eigenvalue weighted by atomic mass is 10.1. The summed E-state index contributed by atoms with van der Waals surface area (Å²) in [5.74, 6) is 0. The highest BCUT2D eigenvalue weighted by atomic mass is 14.0. The number of aryl methyl sites for hydroxylation is 2. The molecule has 1 nitrogen and oxygen atoms in total. The van der Waals surface area contributed by atoms with Crippen molar-refractivity contribution in [2.24, 2.45) is 0 Å². The molecule has 0 aliphatic carbocycles. The predicted molar refractivity (Wildman–Crippen MR) is 68.3 cm³/mol. The van der Waals surface area contributed by atoms with Crippen molar-refractivity contribution in [1.82, 2.24) is 6.15 Å². The SMILES string of the molecule is CC.CC.CCc1ccccc1C.N. The van der Waals surface area contributed by atoms with Gasteiger partial charge in [-0.15, -0.1) is 0 Å². The van der Waals surface area contributed by atoms with Gasteiger partial charge in [0, 0.05) is 0 Å². The smallest absolute Gasteiger partial charge is 0.0305 e. The highest BCUT2D eigenvalue weighted by Crippen LogP contribution is 2.06. The summed E-state index contributed by atoms with van der Waals surface area (Å²) < 4.78 is 0. The van der Waals surface area contributed by atoms with E-state index in [1.807, 2.05) is 27.7 Å². The van der Waals surface area contributed by atoms with Crippen LogP contribution in [0.25, 0.3) is 0 Å². The minimum Gasteiger partial charge on any atom is -0.344 e. The molecule has 0 amide bonds. The summed E-state index contributed by atoms with van der Waals surface area (Å²) in [6, 6.07) is 8.49. The van der Waals surface area contributed by atoms with Crippen molar-refractivity contribution in [3.63, 3.8) is 0 Å². The fourth-order valence-electron chi connectivity index (χ4n) is 1.01. The van der Waals surface area contributed by atoms with E-state index in [1.54, 1.807) is 0 Å². The average molecular weight is 197 g/mol. The zero-order valence-corrected chi connectivity index (χ0v) is 10.7. The number of hydrogen-bond donors (Lipinski definition) is 1. The van der Waals surface area contributed by atoms with Crippen LogP contribution in [0.4, 0.5) is 0 Å². The van der Waals surface area contributed by atoms with Crippen molar-refractivity contribution in [2.45, 2.75) is 48.0 Å². The molecule has 1 aromatic carbocycles. The number of rotatable bonds is 1. The second-order valence-corrected chi connectivity index (χ2v) is 2.28. The Morgan fingerprint density at radius 2 is 1.36 bits per heavy atom. The molecule has 0 aliphatic heterocycles. The quantitative estimate of drug-likeness (QED) is 0.691. The van der Waals surface area contributed by atoms with Gasteiger partial charge in [0.2, 0.25) is 0 Å². The molecule has 0 heterocycles. The summed E-state index contributed by atoms with van der Waals surface area (Å²) >= 11 is 0. The Hall–Kier alpha value is -0.820. The van der Waals surface area contributed by atoms with E-state index in [2.05, 4.69) is 38.1 Å². The van der Waals surface area contributed by atoms with E-state index in [4.69, 9.17) is 0 Å². The molecule has 0 spiro atoms. The summed E-state index contributed by atoms with van der Waals surface area (Å²) in [6.45, 7) is 12.3. The molecule has 0 saturated heterocycles. The van der Waals surface area contributed by atoms with Crippen LogP contribution < -0.4 is 6.15 Å². The van der Waals surface area contributed by atoms with Crippen LogP contribution in [0, 0.1) is 6.92 Å². The van der Waals surface area contributed by atoms with Crippen molar-refractivity contribution >= 4 is 0 Å². The minimum atomic E-state index is 0. The highest BCUT2D eigenvalue weighted by Gasteiger charge is 1.89.